The van der Waals surface area contributed by atoms with Crippen LogP contribution in [0.15, 0.2) is 12.1 Å². The number of rotatable bonds is 37. The Labute approximate surface area is 346 Å². The fraction of sp³-hybridized carbons (Fsp3) is 0.857. The third kappa shape index (κ3) is 25.4. The van der Waals surface area contributed by atoms with E-state index in [0.717, 1.165) is 41.9 Å². The van der Waals surface area contributed by atoms with Crippen LogP contribution in [0.4, 0.5) is 0 Å². The van der Waals surface area contributed by atoms with E-state index in [1.807, 2.05) is 17.8 Å². The zero-order chi connectivity index (χ0) is 39.7. The van der Waals surface area contributed by atoms with Gasteiger partial charge < -0.3 is 9.29 Å². The van der Waals surface area contributed by atoms with Gasteiger partial charge in [0.25, 0.3) is 0 Å². The van der Waals surface area contributed by atoms with Gasteiger partial charge in [-0.2, -0.15) is 11.8 Å². The zero-order valence-electron chi connectivity index (χ0n) is 37.0. The minimum atomic E-state index is -0.188. The Kier molecular flexibility index (Phi) is 32.5. The van der Waals surface area contributed by atoms with E-state index in [0.29, 0.717) is 5.75 Å². The second-order valence-corrected chi connectivity index (χ2v) is 19.6. The van der Waals surface area contributed by atoms with Crippen LogP contribution in [0, 0.1) is 12.8 Å². The minimum absolute atomic E-state index is 0.0304. The van der Waals surface area contributed by atoms with Gasteiger partial charge in [-0.3, -0.25) is 4.79 Å². The van der Waals surface area contributed by atoms with Gasteiger partial charge in [-0.25, -0.2) is 0 Å². The van der Waals surface area contributed by atoms with Crippen LogP contribution in [0.2, 0.25) is 0 Å². The summed E-state index contributed by atoms with van der Waals surface area (Å²) in [6.07, 6.45) is 39.8. The molecule has 0 saturated carbocycles. The van der Waals surface area contributed by atoms with Crippen molar-refractivity contribution in [3.8, 4) is 5.75 Å². The van der Waals surface area contributed by atoms with Gasteiger partial charge in [0.1, 0.15) is 5.75 Å². The van der Waals surface area contributed by atoms with Gasteiger partial charge in [-0.15, -0.1) is 0 Å². The molecular formula is C49H90O3S2. The Balaban J connectivity index is 2.55. The first-order valence-electron chi connectivity index (χ1n) is 23.5. The first kappa shape index (κ1) is 51.2. The topological polar surface area (TPSA) is 46.5 Å². The molecule has 0 spiro atoms. The van der Waals surface area contributed by atoms with Gasteiger partial charge >= 0.3 is 5.97 Å². The van der Waals surface area contributed by atoms with Crippen molar-refractivity contribution in [3.05, 3.63) is 28.8 Å². The molecule has 0 heterocycles. The van der Waals surface area contributed by atoms with Crippen LogP contribution in [0.25, 0.3) is 0 Å². The monoisotopic (exact) mass is 791 g/mol. The summed E-state index contributed by atoms with van der Waals surface area (Å²) in [6, 6.07) is 4.12. The molecule has 1 rings (SSSR count). The van der Waals surface area contributed by atoms with Crippen molar-refractivity contribution in [1.82, 2.24) is 0 Å². The fourth-order valence-electron chi connectivity index (χ4n) is 7.77. The summed E-state index contributed by atoms with van der Waals surface area (Å²) >= 11 is 3.32. The largest absolute Gasteiger partial charge is 0.508 e. The molecule has 0 amide bonds. The van der Waals surface area contributed by atoms with Crippen molar-refractivity contribution in [3.63, 3.8) is 0 Å². The highest BCUT2D eigenvalue weighted by Gasteiger charge is 2.33. The molecule has 0 aliphatic rings. The second-order valence-electron chi connectivity index (χ2n) is 17.6. The first-order chi connectivity index (χ1) is 26.2. The minimum Gasteiger partial charge on any atom is -0.508 e. The van der Waals surface area contributed by atoms with Crippen molar-refractivity contribution in [2.24, 2.45) is 5.92 Å². The summed E-state index contributed by atoms with van der Waals surface area (Å²) < 4.78 is 5.98. The van der Waals surface area contributed by atoms with E-state index >= 15 is 0 Å². The molecule has 1 aromatic carbocycles. The third-order valence-corrected chi connectivity index (χ3v) is 13.5. The fourth-order valence-corrected chi connectivity index (χ4v) is 9.95. The molecule has 0 saturated heterocycles. The van der Waals surface area contributed by atoms with Crippen molar-refractivity contribution >= 4 is 29.8 Å². The number of thioether (sulfide) groups is 1. The van der Waals surface area contributed by atoms with Crippen LogP contribution >= 0.6 is 23.8 Å². The van der Waals surface area contributed by atoms with E-state index in [1.54, 1.807) is 0 Å². The number of carbonyl (C=O) groups is 1. The van der Waals surface area contributed by atoms with Gasteiger partial charge in [0.15, 0.2) is 0 Å². The quantitative estimate of drug-likeness (QED) is 0.0537. The standard InChI is InChI=1S/C49H90O3S2/c1-8-11-13-15-17-19-21-23-25-27-29-31-33-35-38-53-47(44-41-45(49(5,6)7)46(50)40-42(44)4)43(37-10-3)48(51)52-54-39-36-34-32-30-28-26-24-22-20-18-16-14-12-9-2/h40-41,43,47,50H,8-39H2,1-7H3. The Morgan fingerprint density at radius 3 is 1.37 bits per heavy atom. The van der Waals surface area contributed by atoms with Crippen molar-refractivity contribution in [2.75, 3.05) is 11.5 Å². The maximum Gasteiger partial charge on any atom is 0.322 e. The lowest BCUT2D eigenvalue weighted by Crippen LogP contribution is -2.23. The van der Waals surface area contributed by atoms with Crippen LogP contribution in [0.5, 0.6) is 5.75 Å². The number of aromatic hydroxyl groups is 1. The summed E-state index contributed by atoms with van der Waals surface area (Å²) in [7, 11) is 0. The van der Waals surface area contributed by atoms with E-state index in [-0.39, 0.29) is 22.6 Å². The van der Waals surface area contributed by atoms with Gasteiger partial charge in [-0.05, 0) is 60.1 Å². The van der Waals surface area contributed by atoms with Crippen LogP contribution in [0.3, 0.4) is 0 Å². The molecule has 3 nitrogen and oxygen atoms in total. The number of phenolic OH excluding ortho intramolecular Hbond substituents is 1. The Morgan fingerprint density at radius 2 is 0.981 bits per heavy atom. The summed E-state index contributed by atoms with van der Waals surface area (Å²) in [4.78, 5) is 13.8. The molecular weight excluding hydrogens is 701 g/mol. The first-order valence-corrected chi connectivity index (χ1v) is 25.4. The number of benzene rings is 1. The molecule has 1 aromatic rings. The van der Waals surface area contributed by atoms with Gasteiger partial charge in [0.05, 0.1) is 18.0 Å². The second kappa shape index (κ2) is 34.3. The molecule has 0 aliphatic carbocycles. The van der Waals surface area contributed by atoms with Gasteiger partial charge in [0.2, 0.25) is 0 Å². The summed E-state index contributed by atoms with van der Waals surface area (Å²) in [5, 5.41) is 10.9. The number of carbonyl (C=O) groups excluding carboxylic acids is 1. The number of hydrogen-bond acceptors (Lipinski definition) is 5. The number of hydrogen-bond donors (Lipinski definition) is 1. The van der Waals surface area contributed by atoms with Gasteiger partial charge in [-0.1, -0.05) is 221 Å². The Hall–Kier alpha value is -0.810. The van der Waals surface area contributed by atoms with E-state index in [1.165, 1.54) is 191 Å². The average Bonchev–Trinajstić information content (AvgIpc) is 3.13. The highest BCUT2D eigenvalue weighted by atomic mass is 32.2. The Morgan fingerprint density at radius 1 is 0.593 bits per heavy atom. The van der Waals surface area contributed by atoms with Crippen molar-refractivity contribution in [2.45, 2.75) is 252 Å². The van der Waals surface area contributed by atoms with Crippen LogP contribution in [-0.2, 0) is 14.4 Å². The summed E-state index contributed by atoms with van der Waals surface area (Å²) in [6.45, 7) is 15.3. The lowest BCUT2D eigenvalue weighted by molar-refractivity contribution is -0.137. The lowest BCUT2D eigenvalue weighted by Gasteiger charge is -2.29. The maximum absolute atomic E-state index is 13.8. The maximum atomic E-state index is 13.8. The summed E-state index contributed by atoms with van der Waals surface area (Å²) in [5.74, 6) is 2.04. The highest BCUT2D eigenvalue weighted by molar-refractivity contribution is 7.99. The van der Waals surface area contributed by atoms with E-state index < -0.39 is 0 Å². The smallest absolute Gasteiger partial charge is 0.322 e. The molecule has 5 heteroatoms. The molecule has 0 fully saturated rings. The number of unbranched alkanes of at least 4 members (excludes halogenated alkanes) is 26. The van der Waals surface area contributed by atoms with Crippen molar-refractivity contribution < 1.29 is 14.1 Å². The molecule has 0 bridgehead atoms. The Bertz CT molecular complexity index is 1020. The molecule has 2 unspecified atom stereocenters. The molecule has 316 valence electrons. The molecule has 1 N–H and O–H groups in total. The zero-order valence-corrected chi connectivity index (χ0v) is 38.7. The predicted octanol–water partition coefficient (Wildman–Crippen LogP) is 17.3. The summed E-state index contributed by atoms with van der Waals surface area (Å²) in [5.41, 5.74) is 3.05. The lowest BCUT2D eigenvalue weighted by atomic mass is 9.82. The SMILES string of the molecule is CCCCCCCCCCCCCCCCSOC(=O)C(CCC)C(SCCCCCCCCCCCCCCCC)c1cc(C(C)(C)C)c(O)cc1C. The highest BCUT2D eigenvalue weighted by Crippen LogP contribution is 2.44. The van der Waals surface area contributed by atoms with Crippen LogP contribution in [0.1, 0.15) is 256 Å². The van der Waals surface area contributed by atoms with E-state index in [2.05, 4.69) is 54.5 Å². The molecule has 0 aromatic heterocycles. The van der Waals surface area contributed by atoms with E-state index in [9.17, 15) is 9.90 Å². The van der Waals surface area contributed by atoms with Crippen LogP contribution < -0.4 is 0 Å². The molecule has 0 aliphatic heterocycles. The average molecular weight is 791 g/mol. The third-order valence-electron chi connectivity index (χ3n) is 11.3. The predicted molar refractivity (Wildman–Crippen MR) is 244 cm³/mol. The molecule has 54 heavy (non-hydrogen) atoms. The number of aryl methyl sites for hydroxylation is 1. The number of phenols is 1. The van der Waals surface area contributed by atoms with E-state index in [4.69, 9.17) is 4.18 Å². The van der Waals surface area contributed by atoms with Crippen molar-refractivity contribution in [1.29, 1.82) is 0 Å². The van der Waals surface area contributed by atoms with Crippen LogP contribution in [-0.4, -0.2) is 22.6 Å². The van der Waals surface area contributed by atoms with Gasteiger partial charge in [0, 0.05) is 11.0 Å². The normalized spacial score (nSPS) is 13.0. The molecule has 0 radical (unpaired) electrons. The molecule has 2 atom stereocenters.